The molecule has 4 nitrogen and oxygen atoms in total. The minimum atomic E-state index is -2.69. The van der Waals surface area contributed by atoms with Crippen LogP contribution in [0, 0.1) is 17.8 Å². The Kier molecular flexibility index (Phi) is 11.3. The van der Waals surface area contributed by atoms with Crippen LogP contribution in [0.3, 0.4) is 0 Å². The number of benzene rings is 2. The molecule has 5 rings (SSSR count). The van der Waals surface area contributed by atoms with Crippen LogP contribution < -0.4 is 10.4 Å². The minimum Gasteiger partial charge on any atom is -0.413 e. The second-order valence-electron chi connectivity index (χ2n) is 17.0. The van der Waals surface area contributed by atoms with Crippen LogP contribution in [0.2, 0.25) is 23.2 Å². The minimum absolute atomic E-state index is 0.0495. The zero-order chi connectivity index (χ0) is 34.0. The van der Waals surface area contributed by atoms with E-state index in [4.69, 9.17) is 18.3 Å². The lowest BCUT2D eigenvalue weighted by atomic mass is 9.66. The lowest BCUT2D eigenvalue weighted by Gasteiger charge is -2.48. The molecule has 0 unspecified atom stereocenters. The van der Waals surface area contributed by atoms with Crippen molar-refractivity contribution in [3.63, 3.8) is 0 Å². The number of hydrogen-bond donors (Lipinski definition) is 0. The van der Waals surface area contributed by atoms with Gasteiger partial charge in [0.15, 0.2) is 14.6 Å². The third-order valence-corrected chi connectivity index (χ3v) is 21.4. The highest BCUT2D eigenvalue weighted by atomic mass is 28.4. The van der Waals surface area contributed by atoms with Gasteiger partial charge in [0.1, 0.15) is 0 Å². The van der Waals surface area contributed by atoms with Crippen molar-refractivity contribution in [2.45, 2.75) is 135 Å². The highest BCUT2D eigenvalue weighted by molar-refractivity contribution is 6.99. The first kappa shape index (κ1) is 36.5. The van der Waals surface area contributed by atoms with Gasteiger partial charge in [0.25, 0.3) is 8.32 Å². The van der Waals surface area contributed by atoms with E-state index < -0.39 is 16.6 Å². The second-order valence-corrected chi connectivity index (χ2v) is 26.0. The van der Waals surface area contributed by atoms with E-state index in [2.05, 4.69) is 140 Å². The van der Waals surface area contributed by atoms with Crippen molar-refractivity contribution in [3.8, 4) is 0 Å². The number of rotatable bonds is 10. The van der Waals surface area contributed by atoms with Crippen LogP contribution >= 0.6 is 0 Å². The van der Waals surface area contributed by atoms with Gasteiger partial charge in [-0.3, -0.25) is 0 Å². The topological polar surface area (TPSA) is 36.9 Å². The summed E-state index contributed by atoms with van der Waals surface area (Å²) in [6.07, 6.45) is 13.5. The molecule has 0 amide bonds. The van der Waals surface area contributed by atoms with Gasteiger partial charge in [-0.05, 0) is 83.1 Å². The molecule has 47 heavy (non-hydrogen) atoms. The molecule has 1 aliphatic heterocycles. The number of methoxy groups -OCH3 is 1. The van der Waals surface area contributed by atoms with Gasteiger partial charge in [-0.1, -0.05) is 127 Å². The lowest BCUT2D eigenvalue weighted by molar-refractivity contribution is -0.203. The quantitative estimate of drug-likeness (QED) is 0.235. The molecule has 2 aromatic carbocycles. The molecular weight excluding hydrogens is 613 g/mol. The summed E-state index contributed by atoms with van der Waals surface area (Å²) in [5, 5.41) is 2.77. The Morgan fingerprint density at radius 1 is 0.809 bits per heavy atom. The highest BCUT2D eigenvalue weighted by Crippen LogP contribution is 2.47. The summed E-state index contributed by atoms with van der Waals surface area (Å²) in [5.74, 6) is 1.49. The van der Waals surface area contributed by atoms with Crippen molar-refractivity contribution in [2.24, 2.45) is 17.8 Å². The Hall–Kier alpha value is -1.81. The molecule has 3 aliphatic rings. The highest BCUT2D eigenvalue weighted by Gasteiger charge is 2.52. The van der Waals surface area contributed by atoms with Crippen LogP contribution in [0.5, 0.6) is 0 Å². The van der Waals surface area contributed by atoms with E-state index in [1.807, 2.05) is 0 Å². The predicted octanol–water partition coefficient (Wildman–Crippen LogP) is 9.41. The standard InChI is InChI=1S/C41H62O4Si2/c1-30-24-25-31-18-17-23-37(45-46(9,10)40(2,3)4)39(31)36(30)27-26-32-28-33(29-38(42-8)43-32)44-47(41(5,6)7,34-19-13-11-14-20-34)35-21-15-12-16-22-35/h11-16,18-22,24-25,30,32-33,36-39H,17,23,26-29H2,1-10H3/t30-,32+,33+,36-,37-,38+,39-/m0/s1. The van der Waals surface area contributed by atoms with Gasteiger partial charge < -0.3 is 18.3 Å². The van der Waals surface area contributed by atoms with Crippen molar-refractivity contribution in [1.82, 2.24) is 0 Å². The predicted molar refractivity (Wildman–Crippen MR) is 201 cm³/mol. The van der Waals surface area contributed by atoms with Crippen LogP contribution in [0.25, 0.3) is 0 Å². The van der Waals surface area contributed by atoms with Crippen molar-refractivity contribution >= 4 is 27.0 Å². The number of allylic oxidation sites excluding steroid dienone is 3. The van der Waals surface area contributed by atoms with Crippen molar-refractivity contribution in [3.05, 3.63) is 84.5 Å². The monoisotopic (exact) mass is 674 g/mol. The zero-order valence-corrected chi connectivity index (χ0v) is 32.9. The zero-order valence-electron chi connectivity index (χ0n) is 30.9. The largest absolute Gasteiger partial charge is 0.413 e. The van der Waals surface area contributed by atoms with Crippen molar-refractivity contribution < 1.29 is 18.3 Å². The summed E-state index contributed by atoms with van der Waals surface area (Å²) in [4.78, 5) is 0. The molecule has 0 N–H and O–H groups in total. The van der Waals surface area contributed by atoms with Gasteiger partial charge in [0.05, 0.1) is 18.3 Å². The molecule has 0 aromatic heterocycles. The molecule has 7 atom stereocenters. The summed E-state index contributed by atoms with van der Waals surface area (Å²) >= 11 is 0. The van der Waals surface area contributed by atoms with Crippen molar-refractivity contribution in [2.75, 3.05) is 7.11 Å². The summed E-state index contributed by atoms with van der Waals surface area (Å²) < 4.78 is 27.4. The summed E-state index contributed by atoms with van der Waals surface area (Å²) in [6, 6.07) is 22.0. The maximum atomic E-state index is 7.62. The maximum absolute atomic E-state index is 7.62. The van der Waals surface area contributed by atoms with Crippen LogP contribution in [0.15, 0.2) is 84.5 Å². The summed E-state index contributed by atoms with van der Waals surface area (Å²) in [6.45, 7) is 21.4. The molecule has 0 saturated carbocycles. The molecule has 2 aliphatic carbocycles. The van der Waals surface area contributed by atoms with Crippen molar-refractivity contribution in [1.29, 1.82) is 0 Å². The van der Waals surface area contributed by atoms with Gasteiger partial charge in [0.2, 0.25) is 0 Å². The van der Waals surface area contributed by atoms with E-state index in [1.165, 1.54) is 15.9 Å². The Bertz CT molecular complexity index is 1320. The molecule has 1 saturated heterocycles. The van der Waals surface area contributed by atoms with Gasteiger partial charge in [-0.2, -0.15) is 0 Å². The van der Waals surface area contributed by atoms with Gasteiger partial charge in [-0.25, -0.2) is 0 Å². The van der Waals surface area contributed by atoms with Crippen LogP contribution in [-0.4, -0.2) is 48.3 Å². The molecular formula is C41H62O4Si2. The number of ether oxygens (including phenoxy) is 2. The molecule has 0 spiro atoms. The van der Waals surface area contributed by atoms with Gasteiger partial charge >= 0.3 is 0 Å². The Balaban J connectivity index is 1.38. The Morgan fingerprint density at radius 2 is 1.43 bits per heavy atom. The second kappa shape index (κ2) is 14.6. The van der Waals surface area contributed by atoms with Crippen LogP contribution in [-0.2, 0) is 18.3 Å². The molecule has 1 fully saturated rings. The van der Waals surface area contributed by atoms with Crippen LogP contribution in [0.1, 0.15) is 87.0 Å². The molecule has 258 valence electrons. The number of fused-ring (bicyclic) bond motifs is 1. The smallest absolute Gasteiger partial charge is 0.261 e. The average molecular weight is 675 g/mol. The first-order chi connectivity index (χ1) is 22.2. The third-order valence-electron chi connectivity index (χ3n) is 11.8. The third kappa shape index (κ3) is 7.84. The summed E-state index contributed by atoms with van der Waals surface area (Å²) in [7, 11) is -2.80. The van der Waals surface area contributed by atoms with E-state index in [1.54, 1.807) is 7.11 Å². The van der Waals surface area contributed by atoms with E-state index in [9.17, 15) is 0 Å². The fourth-order valence-electron chi connectivity index (χ4n) is 8.19. The van der Waals surface area contributed by atoms with Gasteiger partial charge in [0, 0.05) is 19.4 Å². The first-order valence-corrected chi connectivity index (χ1v) is 23.0. The summed E-state index contributed by atoms with van der Waals surface area (Å²) in [5.41, 5.74) is 1.50. The molecule has 2 aromatic rings. The maximum Gasteiger partial charge on any atom is 0.261 e. The van der Waals surface area contributed by atoms with E-state index in [0.717, 1.165) is 38.5 Å². The van der Waals surface area contributed by atoms with E-state index in [-0.39, 0.29) is 28.6 Å². The Morgan fingerprint density at radius 3 is 1.98 bits per heavy atom. The molecule has 0 radical (unpaired) electrons. The SMILES string of the molecule is CO[C@H]1C[C@H](O[Si](c2ccccc2)(c2ccccc2)C(C)(C)C)C[C@@H](CC[C@@H]2[C@@H]3C(=CCC[C@@H]3O[Si](C)(C)C(C)(C)C)C=C[C@@H]2C)O1. The molecule has 6 heteroatoms. The Labute approximate surface area is 288 Å². The van der Waals surface area contributed by atoms with E-state index >= 15 is 0 Å². The first-order valence-electron chi connectivity index (χ1n) is 18.2. The lowest BCUT2D eigenvalue weighted by Crippen LogP contribution is -2.68. The molecule has 1 heterocycles. The average Bonchev–Trinajstić information content (AvgIpc) is 3.03. The normalized spacial score (nSPS) is 28.9. The fourth-order valence-corrected chi connectivity index (χ4v) is 14.3. The number of hydrogen-bond acceptors (Lipinski definition) is 4. The molecule has 0 bridgehead atoms. The van der Waals surface area contributed by atoms with E-state index in [0.29, 0.717) is 23.9 Å². The van der Waals surface area contributed by atoms with Crippen LogP contribution in [0.4, 0.5) is 0 Å². The fraction of sp³-hybridized carbons (Fsp3) is 0.610. The van der Waals surface area contributed by atoms with Gasteiger partial charge in [-0.15, -0.1) is 0 Å².